The molecule has 0 aliphatic heterocycles. The van der Waals surface area contributed by atoms with E-state index in [-0.39, 0.29) is 5.41 Å². The first-order valence-corrected chi connectivity index (χ1v) is 7.80. The number of benzene rings is 3. The first kappa shape index (κ1) is 14.6. The fraction of sp³-hybridized carbons (Fsp3) is 0.182. The molecule has 0 unspecified atom stereocenters. The first-order chi connectivity index (χ1) is 10.5. The number of hydrogen-bond acceptors (Lipinski definition) is 0. The van der Waals surface area contributed by atoms with Gasteiger partial charge in [-0.2, -0.15) is 0 Å². The van der Waals surface area contributed by atoms with Gasteiger partial charge in [0.05, 0.1) is 0 Å². The highest BCUT2D eigenvalue weighted by molar-refractivity contribution is 5.73. The topological polar surface area (TPSA) is 0 Å². The van der Waals surface area contributed by atoms with Crippen molar-refractivity contribution in [3.63, 3.8) is 0 Å². The summed E-state index contributed by atoms with van der Waals surface area (Å²) < 4.78 is 0. The van der Waals surface area contributed by atoms with Crippen LogP contribution < -0.4 is 0 Å². The number of rotatable bonds is 2. The molecule has 22 heavy (non-hydrogen) atoms. The van der Waals surface area contributed by atoms with Crippen LogP contribution in [0, 0.1) is 0 Å². The lowest BCUT2D eigenvalue weighted by Gasteiger charge is -2.19. The summed E-state index contributed by atoms with van der Waals surface area (Å²) in [6.07, 6.45) is 0. The van der Waals surface area contributed by atoms with E-state index in [0.29, 0.717) is 0 Å². The van der Waals surface area contributed by atoms with E-state index in [9.17, 15) is 0 Å². The molecule has 3 aromatic carbocycles. The van der Waals surface area contributed by atoms with Crippen molar-refractivity contribution in [3.05, 3.63) is 84.4 Å². The largest absolute Gasteiger partial charge is 0.0622 e. The Bertz CT molecular complexity index is 744. The summed E-state index contributed by atoms with van der Waals surface area (Å²) >= 11 is 0. The first-order valence-electron chi connectivity index (χ1n) is 7.80. The quantitative estimate of drug-likeness (QED) is 0.517. The van der Waals surface area contributed by atoms with Crippen LogP contribution >= 0.6 is 0 Å². The molecular formula is C22H22. The van der Waals surface area contributed by atoms with Gasteiger partial charge in [-0.1, -0.05) is 93.6 Å². The Hall–Kier alpha value is -2.34. The van der Waals surface area contributed by atoms with Crippen LogP contribution in [-0.2, 0) is 5.41 Å². The SMILES string of the molecule is CC(C)(C)c1ccc(-c2cccc(-c3ccccc3)c2)cc1. The summed E-state index contributed by atoms with van der Waals surface area (Å²) in [5, 5.41) is 0. The Morgan fingerprint density at radius 3 is 1.55 bits per heavy atom. The molecule has 0 bridgehead atoms. The highest BCUT2D eigenvalue weighted by Crippen LogP contribution is 2.28. The molecule has 0 amide bonds. The highest BCUT2D eigenvalue weighted by Gasteiger charge is 2.13. The van der Waals surface area contributed by atoms with Gasteiger partial charge in [0.1, 0.15) is 0 Å². The smallest absolute Gasteiger partial charge is 0.0132 e. The average molecular weight is 286 g/mol. The van der Waals surface area contributed by atoms with Crippen LogP contribution in [0.15, 0.2) is 78.9 Å². The Morgan fingerprint density at radius 2 is 1.00 bits per heavy atom. The number of hydrogen-bond donors (Lipinski definition) is 0. The fourth-order valence-corrected chi connectivity index (χ4v) is 2.67. The minimum absolute atomic E-state index is 0.199. The Balaban J connectivity index is 1.96. The van der Waals surface area contributed by atoms with Crippen molar-refractivity contribution >= 4 is 0 Å². The van der Waals surface area contributed by atoms with Gasteiger partial charge in [-0.05, 0) is 39.3 Å². The van der Waals surface area contributed by atoms with Crippen molar-refractivity contribution in [3.8, 4) is 22.3 Å². The standard InChI is InChI=1S/C22H22/c1-22(2,3)21-14-12-18(13-15-21)20-11-7-10-19(16-20)17-8-5-4-6-9-17/h4-16H,1-3H3. The normalized spacial score (nSPS) is 11.4. The maximum absolute atomic E-state index is 2.27. The molecule has 0 radical (unpaired) electrons. The molecule has 0 aliphatic rings. The lowest BCUT2D eigenvalue weighted by atomic mass is 9.86. The monoisotopic (exact) mass is 286 g/mol. The maximum Gasteiger partial charge on any atom is -0.0132 e. The molecule has 0 heterocycles. The predicted octanol–water partition coefficient (Wildman–Crippen LogP) is 6.32. The maximum atomic E-state index is 2.27. The van der Waals surface area contributed by atoms with Gasteiger partial charge in [-0.3, -0.25) is 0 Å². The van der Waals surface area contributed by atoms with Crippen molar-refractivity contribution in [1.82, 2.24) is 0 Å². The molecule has 0 heteroatoms. The van der Waals surface area contributed by atoms with E-state index in [0.717, 1.165) is 0 Å². The summed E-state index contributed by atoms with van der Waals surface area (Å²) in [5.41, 5.74) is 6.63. The van der Waals surface area contributed by atoms with E-state index in [4.69, 9.17) is 0 Å². The van der Waals surface area contributed by atoms with Gasteiger partial charge in [0.15, 0.2) is 0 Å². The molecule has 0 saturated carbocycles. The third-order valence-electron chi connectivity index (χ3n) is 4.05. The molecular weight excluding hydrogens is 264 g/mol. The van der Waals surface area contributed by atoms with Crippen molar-refractivity contribution in [2.75, 3.05) is 0 Å². The van der Waals surface area contributed by atoms with Gasteiger partial charge >= 0.3 is 0 Å². The molecule has 3 aromatic rings. The molecule has 0 N–H and O–H groups in total. The van der Waals surface area contributed by atoms with Crippen molar-refractivity contribution in [2.24, 2.45) is 0 Å². The third-order valence-corrected chi connectivity index (χ3v) is 4.05. The Labute approximate surface area is 133 Å². The van der Waals surface area contributed by atoms with Crippen LogP contribution in [0.1, 0.15) is 26.3 Å². The van der Waals surface area contributed by atoms with Crippen LogP contribution in [0.5, 0.6) is 0 Å². The molecule has 0 atom stereocenters. The van der Waals surface area contributed by atoms with Gasteiger partial charge in [-0.15, -0.1) is 0 Å². The van der Waals surface area contributed by atoms with Crippen LogP contribution in [0.4, 0.5) is 0 Å². The summed E-state index contributed by atoms with van der Waals surface area (Å²) in [5.74, 6) is 0. The molecule has 0 saturated heterocycles. The second-order valence-electron chi connectivity index (χ2n) is 6.77. The molecule has 0 spiro atoms. The second-order valence-corrected chi connectivity index (χ2v) is 6.77. The average Bonchev–Trinajstić information content (AvgIpc) is 2.55. The van der Waals surface area contributed by atoms with Crippen molar-refractivity contribution in [2.45, 2.75) is 26.2 Å². The lowest BCUT2D eigenvalue weighted by molar-refractivity contribution is 0.590. The van der Waals surface area contributed by atoms with E-state index in [1.165, 1.54) is 27.8 Å². The Morgan fingerprint density at radius 1 is 0.500 bits per heavy atom. The van der Waals surface area contributed by atoms with E-state index >= 15 is 0 Å². The minimum Gasteiger partial charge on any atom is -0.0622 e. The van der Waals surface area contributed by atoms with Crippen LogP contribution in [0.2, 0.25) is 0 Å². The van der Waals surface area contributed by atoms with Gasteiger partial charge in [0.25, 0.3) is 0 Å². The molecule has 0 fully saturated rings. The Kier molecular flexibility index (Phi) is 3.85. The van der Waals surface area contributed by atoms with Gasteiger partial charge in [0.2, 0.25) is 0 Å². The molecule has 0 nitrogen and oxygen atoms in total. The van der Waals surface area contributed by atoms with Crippen molar-refractivity contribution < 1.29 is 0 Å². The highest BCUT2D eigenvalue weighted by atomic mass is 14.2. The lowest BCUT2D eigenvalue weighted by Crippen LogP contribution is -2.10. The van der Waals surface area contributed by atoms with E-state index < -0.39 is 0 Å². The summed E-state index contributed by atoms with van der Waals surface area (Å²) in [6.45, 7) is 6.74. The van der Waals surface area contributed by atoms with Crippen LogP contribution in [-0.4, -0.2) is 0 Å². The molecule has 0 aromatic heterocycles. The van der Waals surface area contributed by atoms with Crippen molar-refractivity contribution in [1.29, 1.82) is 0 Å². The minimum atomic E-state index is 0.199. The molecule has 3 rings (SSSR count). The zero-order valence-corrected chi connectivity index (χ0v) is 13.5. The van der Waals surface area contributed by atoms with Crippen LogP contribution in [0.3, 0.4) is 0 Å². The third kappa shape index (κ3) is 3.12. The van der Waals surface area contributed by atoms with Gasteiger partial charge in [0, 0.05) is 0 Å². The van der Waals surface area contributed by atoms with E-state index in [2.05, 4.69) is 99.6 Å². The van der Waals surface area contributed by atoms with E-state index in [1.54, 1.807) is 0 Å². The summed E-state index contributed by atoms with van der Waals surface area (Å²) in [7, 11) is 0. The summed E-state index contributed by atoms with van der Waals surface area (Å²) in [6, 6.07) is 28.2. The van der Waals surface area contributed by atoms with Gasteiger partial charge in [-0.25, -0.2) is 0 Å². The zero-order chi connectivity index (χ0) is 15.6. The van der Waals surface area contributed by atoms with Gasteiger partial charge < -0.3 is 0 Å². The molecule has 0 aliphatic carbocycles. The fourth-order valence-electron chi connectivity index (χ4n) is 2.67. The zero-order valence-electron chi connectivity index (χ0n) is 13.5. The predicted molar refractivity (Wildman–Crippen MR) is 96.0 cm³/mol. The molecule has 110 valence electrons. The van der Waals surface area contributed by atoms with E-state index in [1.807, 2.05) is 0 Å². The van der Waals surface area contributed by atoms with Crippen LogP contribution in [0.25, 0.3) is 22.3 Å². The second kappa shape index (κ2) is 5.81. The summed E-state index contributed by atoms with van der Waals surface area (Å²) in [4.78, 5) is 0.